The third-order valence-electron chi connectivity index (χ3n) is 2.29. The predicted molar refractivity (Wildman–Crippen MR) is 58.7 cm³/mol. The Balaban J connectivity index is 3.18. The lowest BCUT2D eigenvalue weighted by Crippen LogP contribution is -2.16. The first-order valence-electron chi connectivity index (χ1n) is 4.93. The topological polar surface area (TPSA) is 52.6 Å². The highest BCUT2D eigenvalue weighted by molar-refractivity contribution is 6.41. The molecule has 0 N–H and O–H groups in total. The molecule has 0 radical (unpaired) electrons. The van der Waals surface area contributed by atoms with Gasteiger partial charge >= 0.3 is 5.97 Å². The van der Waals surface area contributed by atoms with Gasteiger partial charge in [-0.1, -0.05) is 13.0 Å². The number of carbonyl (C=O) groups excluding carboxylic acids is 2. The van der Waals surface area contributed by atoms with Gasteiger partial charge in [-0.25, -0.2) is 4.79 Å². The Hall–Kier alpha value is -1.84. The summed E-state index contributed by atoms with van der Waals surface area (Å²) < 4.78 is 9.43. The van der Waals surface area contributed by atoms with E-state index in [0.717, 1.165) is 12.0 Å². The standard InChI is InChI=1S/C12H14O4/c1-4-8-5-6-10(15-2)9(7-8)11(13)12(14)16-3/h5-7H,4H2,1-3H3. The van der Waals surface area contributed by atoms with E-state index in [0.29, 0.717) is 5.75 Å². The Kier molecular flexibility index (Phi) is 4.05. The smallest absolute Gasteiger partial charge is 0.379 e. The van der Waals surface area contributed by atoms with Crippen LogP contribution < -0.4 is 4.74 Å². The van der Waals surface area contributed by atoms with Crippen molar-refractivity contribution in [1.29, 1.82) is 0 Å². The molecule has 0 aliphatic heterocycles. The molecule has 4 heteroatoms. The fourth-order valence-corrected chi connectivity index (χ4v) is 1.36. The summed E-state index contributed by atoms with van der Waals surface area (Å²) in [4.78, 5) is 22.8. The highest BCUT2D eigenvalue weighted by Gasteiger charge is 2.21. The third-order valence-corrected chi connectivity index (χ3v) is 2.29. The molecule has 1 aromatic rings. The second kappa shape index (κ2) is 5.30. The van der Waals surface area contributed by atoms with E-state index < -0.39 is 11.8 Å². The van der Waals surface area contributed by atoms with Crippen LogP contribution in [0, 0.1) is 0 Å². The van der Waals surface area contributed by atoms with E-state index in [9.17, 15) is 9.59 Å². The number of Topliss-reactive ketones (excluding diaryl/α,β-unsaturated/α-hetero) is 1. The summed E-state index contributed by atoms with van der Waals surface area (Å²) in [7, 11) is 2.63. The predicted octanol–water partition coefficient (Wildman–Crippen LogP) is 1.61. The molecule has 0 unspecified atom stereocenters. The van der Waals surface area contributed by atoms with Crippen molar-refractivity contribution in [1.82, 2.24) is 0 Å². The fraction of sp³-hybridized carbons (Fsp3) is 0.333. The van der Waals surface area contributed by atoms with Gasteiger partial charge in [0.2, 0.25) is 0 Å². The summed E-state index contributed by atoms with van der Waals surface area (Å²) in [5, 5.41) is 0. The summed E-state index contributed by atoms with van der Waals surface area (Å²) in [5.41, 5.74) is 1.21. The maximum absolute atomic E-state index is 11.7. The maximum Gasteiger partial charge on any atom is 0.379 e. The first-order valence-corrected chi connectivity index (χ1v) is 4.93. The molecule has 0 bridgehead atoms. The molecule has 0 atom stereocenters. The monoisotopic (exact) mass is 222 g/mol. The number of ether oxygens (including phenoxy) is 2. The molecule has 0 spiro atoms. The Morgan fingerprint density at radius 1 is 1.25 bits per heavy atom. The molecule has 4 nitrogen and oxygen atoms in total. The van der Waals surface area contributed by atoms with Gasteiger partial charge in [-0.05, 0) is 24.1 Å². The number of esters is 1. The van der Waals surface area contributed by atoms with Gasteiger partial charge in [0.15, 0.2) is 0 Å². The van der Waals surface area contributed by atoms with Crippen LogP contribution >= 0.6 is 0 Å². The number of rotatable bonds is 4. The minimum Gasteiger partial charge on any atom is -0.496 e. The van der Waals surface area contributed by atoms with Gasteiger partial charge in [-0.3, -0.25) is 4.79 Å². The first kappa shape index (κ1) is 12.2. The number of ketones is 1. The largest absolute Gasteiger partial charge is 0.496 e. The minimum absolute atomic E-state index is 0.244. The van der Waals surface area contributed by atoms with E-state index in [4.69, 9.17) is 4.74 Å². The van der Waals surface area contributed by atoms with Crippen molar-refractivity contribution in [3.63, 3.8) is 0 Å². The van der Waals surface area contributed by atoms with Gasteiger partial charge in [-0.2, -0.15) is 0 Å². The van der Waals surface area contributed by atoms with Crippen molar-refractivity contribution in [2.45, 2.75) is 13.3 Å². The molecule has 0 saturated carbocycles. The van der Waals surface area contributed by atoms with E-state index in [1.165, 1.54) is 14.2 Å². The van der Waals surface area contributed by atoms with Crippen LogP contribution in [0.15, 0.2) is 18.2 Å². The Labute approximate surface area is 94.2 Å². The molecule has 16 heavy (non-hydrogen) atoms. The highest BCUT2D eigenvalue weighted by atomic mass is 16.5. The van der Waals surface area contributed by atoms with Crippen LogP contribution in [-0.4, -0.2) is 26.0 Å². The van der Waals surface area contributed by atoms with Crippen molar-refractivity contribution in [2.24, 2.45) is 0 Å². The second-order valence-corrected chi connectivity index (χ2v) is 3.21. The van der Waals surface area contributed by atoms with Crippen LogP contribution in [0.2, 0.25) is 0 Å². The average molecular weight is 222 g/mol. The minimum atomic E-state index is -0.883. The third kappa shape index (κ3) is 2.39. The molecule has 86 valence electrons. The Morgan fingerprint density at radius 2 is 1.94 bits per heavy atom. The zero-order valence-corrected chi connectivity index (χ0v) is 9.57. The Morgan fingerprint density at radius 3 is 2.44 bits per heavy atom. The molecule has 0 aromatic heterocycles. The summed E-state index contributed by atoms with van der Waals surface area (Å²) in [6.45, 7) is 1.97. The number of hydrogen-bond acceptors (Lipinski definition) is 4. The summed E-state index contributed by atoms with van der Waals surface area (Å²) in [6, 6.07) is 5.18. The zero-order chi connectivity index (χ0) is 12.1. The Bertz CT molecular complexity index is 409. The van der Waals surface area contributed by atoms with Crippen LogP contribution in [-0.2, 0) is 16.0 Å². The van der Waals surface area contributed by atoms with E-state index >= 15 is 0 Å². The molecule has 0 aliphatic carbocycles. The molecule has 0 amide bonds. The molecule has 0 fully saturated rings. The molecular weight excluding hydrogens is 208 g/mol. The lowest BCUT2D eigenvalue weighted by molar-refractivity contribution is -0.135. The van der Waals surface area contributed by atoms with Gasteiger partial charge in [-0.15, -0.1) is 0 Å². The molecule has 0 heterocycles. The van der Waals surface area contributed by atoms with Gasteiger partial charge in [0.25, 0.3) is 5.78 Å². The number of hydrogen-bond donors (Lipinski definition) is 0. The molecule has 0 saturated heterocycles. The molecule has 1 aromatic carbocycles. The number of aryl methyl sites for hydroxylation is 1. The highest BCUT2D eigenvalue weighted by Crippen LogP contribution is 2.21. The molecular formula is C12H14O4. The van der Waals surface area contributed by atoms with Crippen molar-refractivity contribution in [2.75, 3.05) is 14.2 Å². The van der Waals surface area contributed by atoms with Crippen molar-refractivity contribution < 1.29 is 19.1 Å². The van der Waals surface area contributed by atoms with E-state index in [1.807, 2.05) is 13.0 Å². The molecule has 0 aliphatic rings. The van der Waals surface area contributed by atoms with Crippen LogP contribution in [0.25, 0.3) is 0 Å². The number of methoxy groups -OCH3 is 2. The van der Waals surface area contributed by atoms with Crippen LogP contribution in [0.4, 0.5) is 0 Å². The lowest BCUT2D eigenvalue weighted by atomic mass is 10.0. The summed E-state index contributed by atoms with van der Waals surface area (Å²) >= 11 is 0. The summed E-state index contributed by atoms with van der Waals surface area (Å²) in [5.74, 6) is -1.19. The van der Waals surface area contributed by atoms with E-state index in [1.54, 1.807) is 12.1 Å². The zero-order valence-electron chi connectivity index (χ0n) is 9.57. The second-order valence-electron chi connectivity index (χ2n) is 3.21. The normalized spacial score (nSPS) is 9.69. The van der Waals surface area contributed by atoms with Crippen LogP contribution in [0.5, 0.6) is 5.75 Å². The van der Waals surface area contributed by atoms with Gasteiger partial charge in [0, 0.05) is 0 Å². The maximum atomic E-state index is 11.7. The van der Waals surface area contributed by atoms with Crippen LogP contribution in [0.1, 0.15) is 22.8 Å². The van der Waals surface area contributed by atoms with Crippen molar-refractivity contribution >= 4 is 11.8 Å². The fourth-order valence-electron chi connectivity index (χ4n) is 1.36. The van der Waals surface area contributed by atoms with Crippen LogP contribution in [0.3, 0.4) is 0 Å². The van der Waals surface area contributed by atoms with E-state index in [2.05, 4.69) is 4.74 Å². The summed E-state index contributed by atoms with van der Waals surface area (Å²) in [6.07, 6.45) is 0.783. The number of benzene rings is 1. The lowest BCUT2D eigenvalue weighted by Gasteiger charge is -2.08. The van der Waals surface area contributed by atoms with Gasteiger partial charge < -0.3 is 9.47 Å². The SMILES string of the molecule is CCc1ccc(OC)c(C(=O)C(=O)OC)c1. The van der Waals surface area contributed by atoms with Gasteiger partial charge in [0.1, 0.15) is 5.75 Å². The first-order chi connectivity index (χ1) is 7.63. The van der Waals surface area contributed by atoms with E-state index in [-0.39, 0.29) is 5.56 Å². The van der Waals surface area contributed by atoms with Crippen molar-refractivity contribution in [3.05, 3.63) is 29.3 Å². The van der Waals surface area contributed by atoms with Crippen molar-refractivity contribution in [3.8, 4) is 5.75 Å². The molecule has 1 rings (SSSR count). The average Bonchev–Trinajstić information content (AvgIpc) is 2.35. The number of carbonyl (C=O) groups is 2. The quantitative estimate of drug-likeness (QED) is 0.441. The van der Waals surface area contributed by atoms with Gasteiger partial charge in [0.05, 0.1) is 19.8 Å².